The number of amides is 2. The Balaban J connectivity index is 2.45. The van der Waals surface area contributed by atoms with E-state index in [0.29, 0.717) is 17.0 Å². The Hall–Kier alpha value is -2.36. The molecule has 0 spiro atoms. The van der Waals surface area contributed by atoms with E-state index in [4.69, 9.17) is 23.2 Å². The molecule has 1 unspecified atom stereocenters. The summed E-state index contributed by atoms with van der Waals surface area (Å²) in [7, 11) is -3.94. The smallest absolute Gasteiger partial charge is 0.244 e. The molecule has 1 atom stereocenters. The van der Waals surface area contributed by atoms with Crippen molar-refractivity contribution in [1.82, 2.24) is 10.2 Å². The largest absolute Gasteiger partial charge is 0.352 e. The summed E-state index contributed by atoms with van der Waals surface area (Å²) < 4.78 is 39.5. The highest BCUT2D eigenvalue weighted by Gasteiger charge is 2.32. The lowest BCUT2D eigenvalue weighted by molar-refractivity contribution is -0.140. The van der Waals surface area contributed by atoms with Crippen LogP contribution in [0.2, 0.25) is 10.0 Å². The predicted octanol–water partition coefficient (Wildman–Crippen LogP) is 4.23. The van der Waals surface area contributed by atoms with Crippen molar-refractivity contribution in [2.24, 2.45) is 0 Å². The van der Waals surface area contributed by atoms with Crippen LogP contribution in [0.3, 0.4) is 0 Å². The van der Waals surface area contributed by atoms with E-state index in [9.17, 15) is 22.4 Å². The molecule has 2 aromatic carbocycles. The third-order valence-corrected chi connectivity index (χ3v) is 6.64. The van der Waals surface area contributed by atoms with Crippen LogP contribution in [0.1, 0.15) is 32.8 Å². The highest BCUT2D eigenvalue weighted by atomic mass is 35.5. The van der Waals surface area contributed by atoms with Crippen LogP contribution in [0.15, 0.2) is 42.5 Å². The van der Waals surface area contributed by atoms with E-state index in [1.807, 2.05) is 0 Å². The van der Waals surface area contributed by atoms with Crippen LogP contribution in [0.25, 0.3) is 0 Å². The van der Waals surface area contributed by atoms with Gasteiger partial charge < -0.3 is 10.2 Å². The van der Waals surface area contributed by atoms with Gasteiger partial charge in [-0.3, -0.25) is 13.9 Å². The zero-order chi connectivity index (χ0) is 25.6. The Kier molecular flexibility index (Phi) is 9.73. The number of nitrogens with zero attached hydrogens (tertiary/aromatic N) is 2. The molecule has 2 rings (SSSR count). The summed E-state index contributed by atoms with van der Waals surface area (Å²) in [5.74, 6) is -1.67. The number of anilines is 1. The van der Waals surface area contributed by atoms with Crippen LogP contribution in [0, 0.1) is 5.82 Å². The first kappa shape index (κ1) is 27.9. The van der Waals surface area contributed by atoms with E-state index >= 15 is 0 Å². The quantitative estimate of drug-likeness (QED) is 0.496. The van der Waals surface area contributed by atoms with Gasteiger partial charge in [-0.25, -0.2) is 12.8 Å². The van der Waals surface area contributed by atoms with Crippen LogP contribution >= 0.6 is 23.2 Å². The second kappa shape index (κ2) is 11.9. The lowest BCUT2D eigenvalue weighted by Gasteiger charge is -2.33. The van der Waals surface area contributed by atoms with Crippen LogP contribution in [-0.4, -0.2) is 50.0 Å². The van der Waals surface area contributed by atoms with Gasteiger partial charge in [0.1, 0.15) is 18.4 Å². The topological polar surface area (TPSA) is 86.8 Å². The Morgan fingerprint density at radius 2 is 1.71 bits per heavy atom. The van der Waals surface area contributed by atoms with E-state index in [2.05, 4.69) is 5.32 Å². The summed E-state index contributed by atoms with van der Waals surface area (Å²) in [4.78, 5) is 27.7. The summed E-state index contributed by atoms with van der Waals surface area (Å²) in [5, 5.41) is 3.05. The average Bonchev–Trinajstić information content (AvgIpc) is 2.74. The van der Waals surface area contributed by atoms with Crippen molar-refractivity contribution < 1.29 is 22.4 Å². The van der Waals surface area contributed by atoms with Crippen molar-refractivity contribution in [3.8, 4) is 0 Å². The first-order valence-electron chi connectivity index (χ1n) is 10.6. The highest BCUT2D eigenvalue weighted by molar-refractivity contribution is 7.92. The number of rotatable bonds is 10. The lowest BCUT2D eigenvalue weighted by atomic mass is 10.1. The fraction of sp³-hybridized carbons (Fsp3) is 0.391. The molecule has 186 valence electrons. The van der Waals surface area contributed by atoms with Crippen LogP contribution in [0.5, 0.6) is 0 Å². The van der Waals surface area contributed by atoms with Gasteiger partial charge in [0.15, 0.2) is 0 Å². The first-order valence-corrected chi connectivity index (χ1v) is 13.2. The molecule has 0 bridgehead atoms. The molecule has 2 amide bonds. The van der Waals surface area contributed by atoms with Gasteiger partial charge in [0.25, 0.3) is 0 Å². The van der Waals surface area contributed by atoms with Gasteiger partial charge in [-0.15, -0.1) is 0 Å². The molecule has 0 saturated carbocycles. The Morgan fingerprint density at radius 1 is 1.09 bits per heavy atom. The summed E-state index contributed by atoms with van der Waals surface area (Å²) in [6.07, 6.45) is 1.24. The number of carbonyl (C=O) groups excluding carboxylic acids is 2. The number of hydrogen-bond donors (Lipinski definition) is 1. The predicted molar refractivity (Wildman–Crippen MR) is 133 cm³/mol. The molecule has 0 aliphatic rings. The molecule has 0 saturated heterocycles. The summed E-state index contributed by atoms with van der Waals surface area (Å²) in [6.45, 7) is 4.84. The van der Waals surface area contributed by atoms with Gasteiger partial charge in [-0.1, -0.05) is 42.3 Å². The second-order valence-electron chi connectivity index (χ2n) is 8.10. The molecule has 0 aliphatic carbocycles. The summed E-state index contributed by atoms with van der Waals surface area (Å²) in [5.41, 5.74) is 0.748. The molecule has 34 heavy (non-hydrogen) atoms. The minimum atomic E-state index is -3.94. The molecule has 0 fully saturated rings. The van der Waals surface area contributed by atoms with E-state index in [-0.39, 0.29) is 29.2 Å². The first-order chi connectivity index (χ1) is 15.8. The minimum Gasteiger partial charge on any atom is -0.352 e. The number of carbonyl (C=O) groups is 2. The maximum Gasteiger partial charge on any atom is 0.244 e. The maximum absolute atomic E-state index is 13.6. The number of benzene rings is 2. The molecule has 1 N–H and O–H groups in total. The standard InChI is InChI=1S/C23H28Cl2FN3O4S/c1-5-21(23(31)27-15(2)3)28(13-16-6-8-17(24)9-7-16)22(30)14-29(34(4,32)33)18-10-11-20(26)19(25)12-18/h6-12,15,21H,5,13-14H2,1-4H3,(H,27,31). The second-order valence-corrected chi connectivity index (χ2v) is 10.9. The van der Waals surface area contributed by atoms with Crippen LogP contribution in [-0.2, 0) is 26.2 Å². The van der Waals surface area contributed by atoms with Gasteiger partial charge in [0, 0.05) is 17.6 Å². The average molecular weight is 532 g/mol. The lowest BCUT2D eigenvalue weighted by Crippen LogP contribution is -2.53. The fourth-order valence-corrected chi connectivity index (χ4v) is 4.48. The van der Waals surface area contributed by atoms with E-state index < -0.39 is 34.3 Å². The van der Waals surface area contributed by atoms with Gasteiger partial charge >= 0.3 is 0 Å². The molecule has 0 aliphatic heterocycles. The zero-order valence-corrected chi connectivity index (χ0v) is 21.7. The molecule has 0 heterocycles. The normalized spacial score (nSPS) is 12.4. The van der Waals surface area contributed by atoms with Crippen molar-refractivity contribution in [1.29, 1.82) is 0 Å². The Bertz CT molecular complexity index is 1130. The molecule has 2 aromatic rings. The van der Waals surface area contributed by atoms with Crippen LogP contribution in [0.4, 0.5) is 10.1 Å². The number of hydrogen-bond acceptors (Lipinski definition) is 4. The third-order valence-electron chi connectivity index (χ3n) is 4.95. The molecule has 7 nitrogen and oxygen atoms in total. The van der Waals surface area contributed by atoms with Crippen molar-refractivity contribution >= 4 is 50.7 Å². The molecular weight excluding hydrogens is 504 g/mol. The van der Waals surface area contributed by atoms with E-state index in [1.54, 1.807) is 45.0 Å². The van der Waals surface area contributed by atoms with Crippen molar-refractivity contribution in [3.63, 3.8) is 0 Å². The summed E-state index contributed by atoms with van der Waals surface area (Å²) >= 11 is 11.8. The van der Waals surface area contributed by atoms with Gasteiger partial charge in [-0.2, -0.15) is 0 Å². The van der Waals surface area contributed by atoms with Gasteiger partial charge in [-0.05, 0) is 56.2 Å². The number of sulfonamides is 1. The summed E-state index contributed by atoms with van der Waals surface area (Å²) in [6, 6.07) is 9.17. The Morgan fingerprint density at radius 3 is 2.21 bits per heavy atom. The van der Waals surface area contributed by atoms with Gasteiger partial charge in [0.2, 0.25) is 21.8 Å². The fourth-order valence-electron chi connectivity index (χ4n) is 3.34. The molecule has 0 radical (unpaired) electrons. The minimum absolute atomic E-state index is 0.0355. The maximum atomic E-state index is 13.6. The van der Waals surface area contributed by atoms with Crippen LogP contribution < -0.4 is 9.62 Å². The van der Waals surface area contributed by atoms with Crippen molar-refractivity contribution in [3.05, 3.63) is 63.9 Å². The number of nitrogens with one attached hydrogen (secondary N) is 1. The third kappa shape index (κ3) is 7.58. The number of halogens is 3. The zero-order valence-electron chi connectivity index (χ0n) is 19.4. The van der Waals surface area contributed by atoms with Crippen molar-refractivity contribution in [2.45, 2.75) is 45.8 Å². The van der Waals surface area contributed by atoms with Gasteiger partial charge in [0.05, 0.1) is 17.0 Å². The molecule has 11 heteroatoms. The van der Waals surface area contributed by atoms with E-state index in [1.165, 1.54) is 11.0 Å². The SMILES string of the molecule is CCC(C(=O)NC(C)C)N(Cc1ccc(Cl)cc1)C(=O)CN(c1ccc(F)c(Cl)c1)S(C)(=O)=O. The van der Waals surface area contributed by atoms with Crippen molar-refractivity contribution in [2.75, 3.05) is 17.1 Å². The monoisotopic (exact) mass is 531 g/mol. The highest BCUT2D eigenvalue weighted by Crippen LogP contribution is 2.25. The van der Waals surface area contributed by atoms with E-state index in [0.717, 1.165) is 22.7 Å². The molecule has 0 aromatic heterocycles. The molecular formula is C23H28Cl2FN3O4S. The Labute approximate surface area is 209 Å².